The molecule has 5 rings (SSSR count). The summed E-state index contributed by atoms with van der Waals surface area (Å²) in [5.41, 5.74) is 9.67. The van der Waals surface area contributed by atoms with E-state index in [-0.39, 0.29) is 12.5 Å². The fourth-order valence-electron chi connectivity index (χ4n) is 5.78. The predicted octanol–water partition coefficient (Wildman–Crippen LogP) is 9.19. The molecule has 0 amide bonds. The number of alkyl halides is 1. The molecule has 0 saturated carbocycles. The summed E-state index contributed by atoms with van der Waals surface area (Å²) in [7, 11) is 0. The van der Waals surface area contributed by atoms with E-state index in [1.165, 1.54) is 26.8 Å². The van der Waals surface area contributed by atoms with Crippen LogP contribution in [0.15, 0.2) is 67.8 Å². The third kappa shape index (κ3) is 5.91. The highest BCUT2D eigenvalue weighted by Gasteiger charge is 2.26. The van der Waals surface area contributed by atoms with Gasteiger partial charge in [0.05, 0.1) is 12.7 Å². The highest BCUT2D eigenvalue weighted by molar-refractivity contribution is 7.20. The maximum Gasteiger partial charge on any atom is 0.123 e. The number of anilines is 1. The molecular weight excluding hydrogens is 518 g/mol. The molecule has 1 aliphatic heterocycles. The molecule has 0 radical (unpaired) electrons. The van der Waals surface area contributed by atoms with E-state index in [1.807, 2.05) is 13.8 Å². The van der Waals surface area contributed by atoms with Crippen molar-refractivity contribution in [1.29, 1.82) is 0 Å². The maximum atomic E-state index is 14.1. The summed E-state index contributed by atoms with van der Waals surface area (Å²) >= 11 is 1.76. The zero-order valence-corrected chi connectivity index (χ0v) is 24.6. The topological polar surface area (TPSA) is 15.3 Å². The minimum Gasteiger partial charge on any atom is -0.380 e. The average molecular weight is 557 g/mol. The van der Waals surface area contributed by atoms with Crippen molar-refractivity contribution in [3.05, 3.63) is 112 Å². The molecule has 2 heterocycles. The molecule has 0 aliphatic carbocycles. The first-order valence-corrected chi connectivity index (χ1v) is 14.9. The molecule has 1 saturated heterocycles. The van der Waals surface area contributed by atoms with Gasteiger partial charge in [0, 0.05) is 34.9 Å². The van der Waals surface area contributed by atoms with Gasteiger partial charge in [-0.1, -0.05) is 44.3 Å². The molecule has 0 bridgehead atoms. The van der Waals surface area contributed by atoms with Crippen molar-refractivity contribution in [3.63, 3.8) is 0 Å². The molecule has 0 unspecified atom stereocenters. The van der Waals surface area contributed by atoms with Gasteiger partial charge < -0.3 is 5.32 Å². The predicted molar refractivity (Wildman–Crippen MR) is 169 cm³/mol. The van der Waals surface area contributed by atoms with E-state index in [1.54, 1.807) is 23.5 Å². The van der Waals surface area contributed by atoms with E-state index in [4.69, 9.17) is 0 Å². The SMILES string of the molecule is C=C(CC)c1ccc2c(Cc3ccc(NC4CN(CCCF)C4)cc3)c(C(=C)c3c(C)cc(F)cc3C)sc2c1. The molecule has 1 aromatic heterocycles. The first-order chi connectivity index (χ1) is 19.3. The standard InChI is InChI=1S/C35H38F2N2S/c1-6-22(2)27-10-13-31-32(18-26-8-11-29(12-9-26)38-30-20-39(21-30)15-7-14-36)35(40-33(31)19-27)25(5)34-23(3)16-28(37)17-24(34)4/h8-13,16-17,19,30,38H,2,5-7,14-15,18,20-21H2,1,3-4H3. The molecule has 4 aromatic rings. The van der Waals surface area contributed by atoms with Crippen LogP contribution < -0.4 is 5.32 Å². The Labute approximate surface area is 241 Å². The number of likely N-dealkylation sites (tertiary alicyclic amines) is 1. The quantitative estimate of drug-likeness (QED) is 0.198. The van der Waals surface area contributed by atoms with E-state index in [2.05, 4.69) is 72.8 Å². The van der Waals surface area contributed by atoms with E-state index in [0.29, 0.717) is 12.5 Å². The number of aryl methyl sites for hydroxylation is 2. The second-order valence-electron chi connectivity index (χ2n) is 11.0. The Balaban J connectivity index is 1.44. The van der Waals surface area contributed by atoms with Crippen LogP contribution >= 0.6 is 11.3 Å². The number of nitrogens with zero attached hydrogens (tertiary/aromatic N) is 1. The van der Waals surface area contributed by atoms with Gasteiger partial charge in [-0.05, 0) is 113 Å². The van der Waals surface area contributed by atoms with Gasteiger partial charge in [-0.2, -0.15) is 0 Å². The number of nitrogens with one attached hydrogen (secondary N) is 1. The van der Waals surface area contributed by atoms with Crippen LogP contribution in [0, 0.1) is 19.7 Å². The van der Waals surface area contributed by atoms with Crippen molar-refractivity contribution in [2.75, 3.05) is 31.6 Å². The Hall–Kier alpha value is -3.28. The van der Waals surface area contributed by atoms with Crippen LogP contribution in [0.2, 0.25) is 0 Å². The fourth-order valence-corrected chi connectivity index (χ4v) is 7.02. The molecule has 5 heteroatoms. The van der Waals surface area contributed by atoms with Gasteiger partial charge in [0.15, 0.2) is 0 Å². The zero-order chi connectivity index (χ0) is 28.4. The van der Waals surface area contributed by atoms with Crippen molar-refractivity contribution in [3.8, 4) is 0 Å². The second kappa shape index (κ2) is 12.1. The van der Waals surface area contributed by atoms with Crippen molar-refractivity contribution in [2.24, 2.45) is 0 Å². The van der Waals surface area contributed by atoms with Crippen molar-refractivity contribution in [1.82, 2.24) is 4.90 Å². The molecule has 1 N–H and O–H groups in total. The largest absolute Gasteiger partial charge is 0.380 e. The summed E-state index contributed by atoms with van der Waals surface area (Å²) in [6.45, 7) is 17.3. The lowest BCUT2D eigenvalue weighted by atomic mass is 9.91. The highest BCUT2D eigenvalue weighted by atomic mass is 32.1. The monoisotopic (exact) mass is 556 g/mol. The lowest BCUT2D eigenvalue weighted by Gasteiger charge is -2.40. The highest BCUT2D eigenvalue weighted by Crippen LogP contribution is 2.41. The lowest BCUT2D eigenvalue weighted by molar-refractivity contribution is 0.155. The van der Waals surface area contributed by atoms with Crippen LogP contribution in [0.4, 0.5) is 14.5 Å². The second-order valence-corrected chi connectivity index (χ2v) is 12.0. The van der Waals surface area contributed by atoms with Gasteiger partial charge in [-0.25, -0.2) is 4.39 Å². The summed E-state index contributed by atoms with van der Waals surface area (Å²) in [6.07, 6.45) is 2.30. The zero-order valence-electron chi connectivity index (χ0n) is 23.7. The van der Waals surface area contributed by atoms with Gasteiger partial charge in [0.1, 0.15) is 5.82 Å². The van der Waals surface area contributed by atoms with Crippen molar-refractivity contribution in [2.45, 2.75) is 46.1 Å². The number of thiophene rings is 1. The molecular formula is C35H38F2N2S. The Bertz CT molecular complexity index is 1520. The molecule has 3 aromatic carbocycles. The fraction of sp³-hybridized carbons (Fsp3) is 0.314. The number of hydrogen-bond acceptors (Lipinski definition) is 3. The average Bonchev–Trinajstić information content (AvgIpc) is 3.27. The first kappa shape index (κ1) is 28.3. The van der Waals surface area contributed by atoms with Crippen LogP contribution in [0.5, 0.6) is 0 Å². The summed E-state index contributed by atoms with van der Waals surface area (Å²) in [4.78, 5) is 3.44. The molecule has 1 fully saturated rings. The molecule has 1 aliphatic rings. The minimum atomic E-state index is -0.247. The van der Waals surface area contributed by atoms with Gasteiger partial charge in [0.25, 0.3) is 0 Å². The third-order valence-corrected chi connectivity index (χ3v) is 9.23. The molecule has 0 spiro atoms. The number of benzene rings is 3. The third-order valence-electron chi connectivity index (χ3n) is 7.97. The number of hydrogen-bond donors (Lipinski definition) is 1. The molecule has 0 atom stereocenters. The number of rotatable bonds is 11. The van der Waals surface area contributed by atoms with Crippen LogP contribution in [0.25, 0.3) is 21.2 Å². The van der Waals surface area contributed by atoms with Crippen LogP contribution in [0.3, 0.4) is 0 Å². The van der Waals surface area contributed by atoms with E-state index >= 15 is 0 Å². The normalized spacial score (nSPS) is 13.9. The number of fused-ring (bicyclic) bond motifs is 1. The van der Waals surface area contributed by atoms with E-state index in [9.17, 15) is 8.78 Å². The molecule has 2 nitrogen and oxygen atoms in total. The Morgan fingerprint density at radius 1 is 1.02 bits per heavy atom. The van der Waals surface area contributed by atoms with Crippen LogP contribution in [0.1, 0.15) is 58.0 Å². The summed E-state index contributed by atoms with van der Waals surface area (Å²) in [6, 6.07) is 18.9. The van der Waals surface area contributed by atoms with Crippen LogP contribution in [-0.4, -0.2) is 37.3 Å². The van der Waals surface area contributed by atoms with Gasteiger partial charge in [0.2, 0.25) is 0 Å². The van der Waals surface area contributed by atoms with Gasteiger partial charge in [-0.3, -0.25) is 9.29 Å². The molecule has 40 heavy (non-hydrogen) atoms. The van der Waals surface area contributed by atoms with Gasteiger partial charge in [-0.15, -0.1) is 11.3 Å². The maximum absolute atomic E-state index is 14.1. The van der Waals surface area contributed by atoms with Crippen LogP contribution in [-0.2, 0) is 6.42 Å². The molecule has 208 valence electrons. The minimum absolute atomic E-state index is 0.214. The summed E-state index contributed by atoms with van der Waals surface area (Å²) in [5, 5.41) is 4.84. The number of allylic oxidation sites excluding steroid dienone is 1. The summed E-state index contributed by atoms with van der Waals surface area (Å²) < 4.78 is 27.8. The van der Waals surface area contributed by atoms with Crippen molar-refractivity contribution < 1.29 is 8.78 Å². The Morgan fingerprint density at radius 2 is 1.73 bits per heavy atom. The number of halogens is 2. The Kier molecular flexibility index (Phi) is 8.53. The lowest BCUT2D eigenvalue weighted by Crippen LogP contribution is -2.54. The summed E-state index contributed by atoms with van der Waals surface area (Å²) in [5.74, 6) is -0.214. The first-order valence-electron chi connectivity index (χ1n) is 14.1. The van der Waals surface area contributed by atoms with Gasteiger partial charge >= 0.3 is 0 Å². The smallest absolute Gasteiger partial charge is 0.123 e. The Morgan fingerprint density at radius 3 is 2.38 bits per heavy atom. The van der Waals surface area contributed by atoms with E-state index in [0.717, 1.165) is 70.9 Å². The van der Waals surface area contributed by atoms with Crippen molar-refractivity contribution >= 4 is 38.3 Å². The van der Waals surface area contributed by atoms with E-state index < -0.39 is 0 Å².